The number of cyclic esters (lactones) is 1. The van der Waals surface area contributed by atoms with E-state index in [1.165, 1.54) is 0 Å². The van der Waals surface area contributed by atoms with Gasteiger partial charge in [0.1, 0.15) is 18.8 Å². The molecule has 0 bridgehead atoms. The van der Waals surface area contributed by atoms with E-state index in [9.17, 15) is 4.79 Å². The number of fused-ring (bicyclic) bond motifs is 1. The maximum atomic E-state index is 11.2. The van der Waals surface area contributed by atoms with Gasteiger partial charge in [-0.25, -0.2) is 0 Å². The van der Waals surface area contributed by atoms with E-state index in [2.05, 4.69) is 0 Å². The van der Waals surface area contributed by atoms with Crippen molar-refractivity contribution in [1.82, 2.24) is 0 Å². The van der Waals surface area contributed by atoms with Gasteiger partial charge < -0.3 is 14.2 Å². The SMILES string of the molecule is CC1(c2ccc3c(c2)OCCO3)CCC(=O)O1. The molecule has 17 heavy (non-hydrogen) atoms. The quantitative estimate of drug-likeness (QED) is 0.697. The minimum Gasteiger partial charge on any atom is -0.486 e. The Hall–Kier alpha value is -1.71. The third kappa shape index (κ3) is 1.73. The number of ether oxygens (including phenoxy) is 3. The van der Waals surface area contributed by atoms with Crippen molar-refractivity contribution in [1.29, 1.82) is 0 Å². The highest BCUT2D eigenvalue weighted by molar-refractivity contribution is 5.72. The van der Waals surface area contributed by atoms with Crippen LogP contribution in [0, 0.1) is 0 Å². The van der Waals surface area contributed by atoms with E-state index >= 15 is 0 Å². The van der Waals surface area contributed by atoms with Crippen molar-refractivity contribution >= 4 is 5.97 Å². The van der Waals surface area contributed by atoms with Gasteiger partial charge in [-0.3, -0.25) is 4.79 Å². The molecule has 1 unspecified atom stereocenters. The molecule has 0 amide bonds. The predicted molar refractivity (Wildman–Crippen MR) is 60.1 cm³/mol. The van der Waals surface area contributed by atoms with Crippen LogP contribution in [0.15, 0.2) is 18.2 Å². The summed E-state index contributed by atoms with van der Waals surface area (Å²) in [6.07, 6.45) is 1.19. The fourth-order valence-corrected chi connectivity index (χ4v) is 2.27. The summed E-state index contributed by atoms with van der Waals surface area (Å²) in [5, 5.41) is 0. The number of hydrogen-bond acceptors (Lipinski definition) is 4. The Balaban J connectivity index is 1.96. The van der Waals surface area contributed by atoms with Crippen LogP contribution in [-0.4, -0.2) is 19.2 Å². The van der Waals surface area contributed by atoms with Crippen LogP contribution in [0.2, 0.25) is 0 Å². The van der Waals surface area contributed by atoms with E-state index in [1.807, 2.05) is 25.1 Å². The molecule has 2 aliphatic heterocycles. The molecule has 2 heterocycles. The Morgan fingerprint density at radius 2 is 1.94 bits per heavy atom. The van der Waals surface area contributed by atoms with Gasteiger partial charge >= 0.3 is 5.97 Å². The second kappa shape index (κ2) is 3.65. The van der Waals surface area contributed by atoms with Crippen molar-refractivity contribution in [3.05, 3.63) is 23.8 Å². The zero-order chi connectivity index (χ0) is 11.9. The summed E-state index contributed by atoms with van der Waals surface area (Å²) in [5.74, 6) is 1.35. The Labute approximate surface area is 99.5 Å². The molecule has 0 saturated carbocycles. The molecule has 1 aromatic carbocycles. The lowest BCUT2D eigenvalue weighted by molar-refractivity contribution is -0.147. The van der Waals surface area contributed by atoms with Gasteiger partial charge in [-0.15, -0.1) is 0 Å². The molecular formula is C13H14O4. The first-order valence-electron chi connectivity index (χ1n) is 5.79. The highest BCUT2D eigenvalue weighted by Gasteiger charge is 2.38. The second-order valence-corrected chi connectivity index (χ2v) is 4.56. The van der Waals surface area contributed by atoms with Crippen molar-refractivity contribution in [3.8, 4) is 11.5 Å². The summed E-state index contributed by atoms with van der Waals surface area (Å²) >= 11 is 0. The van der Waals surface area contributed by atoms with Crippen LogP contribution in [-0.2, 0) is 15.1 Å². The molecule has 1 aromatic rings. The van der Waals surface area contributed by atoms with Crippen LogP contribution < -0.4 is 9.47 Å². The van der Waals surface area contributed by atoms with Crippen LogP contribution >= 0.6 is 0 Å². The van der Waals surface area contributed by atoms with Gasteiger partial charge in [0.05, 0.1) is 0 Å². The summed E-state index contributed by atoms with van der Waals surface area (Å²) < 4.78 is 16.4. The fourth-order valence-electron chi connectivity index (χ4n) is 2.27. The second-order valence-electron chi connectivity index (χ2n) is 4.56. The number of carbonyl (C=O) groups excluding carboxylic acids is 1. The number of hydrogen-bond donors (Lipinski definition) is 0. The lowest BCUT2D eigenvalue weighted by Gasteiger charge is -2.25. The standard InChI is InChI=1S/C13H14O4/c1-13(5-4-12(14)17-13)9-2-3-10-11(8-9)16-7-6-15-10/h2-3,8H,4-7H2,1H3. The highest BCUT2D eigenvalue weighted by Crippen LogP contribution is 2.40. The lowest BCUT2D eigenvalue weighted by Crippen LogP contribution is -2.22. The van der Waals surface area contributed by atoms with E-state index in [0.29, 0.717) is 26.1 Å². The molecule has 0 radical (unpaired) electrons. The number of benzene rings is 1. The zero-order valence-electron chi connectivity index (χ0n) is 9.69. The van der Waals surface area contributed by atoms with Crippen molar-refractivity contribution in [2.75, 3.05) is 13.2 Å². The van der Waals surface area contributed by atoms with Gasteiger partial charge in [-0.05, 0) is 24.6 Å². The van der Waals surface area contributed by atoms with Crippen molar-refractivity contribution in [2.24, 2.45) is 0 Å². The largest absolute Gasteiger partial charge is 0.486 e. The zero-order valence-corrected chi connectivity index (χ0v) is 9.69. The molecule has 4 heteroatoms. The molecule has 90 valence electrons. The lowest BCUT2D eigenvalue weighted by atomic mass is 9.92. The predicted octanol–water partition coefficient (Wildman–Crippen LogP) is 2.01. The van der Waals surface area contributed by atoms with E-state index < -0.39 is 5.60 Å². The van der Waals surface area contributed by atoms with Crippen molar-refractivity contribution < 1.29 is 19.0 Å². The van der Waals surface area contributed by atoms with Gasteiger partial charge in [0.25, 0.3) is 0 Å². The molecule has 2 aliphatic rings. The van der Waals surface area contributed by atoms with Crippen LogP contribution in [0.3, 0.4) is 0 Å². The van der Waals surface area contributed by atoms with Gasteiger partial charge in [0.15, 0.2) is 11.5 Å². The van der Waals surface area contributed by atoms with Crippen LogP contribution in [0.4, 0.5) is 0 Å². The molecule has 3 rings (SSSR count). The molecule has 0 N–H and O–H groups in total. The third-order valence-electron chi connectivity index (χ3n) is 3.30. The molecule has 1 saturated heterocycles. The van der Waals surface area contributed by atoms with E-state index in [0.717, 1.165) is 17.1 Å². The smallest absolute Gasteiger partial charge is 0.306 e. The van der Waals surface area contributed by atoms with Crippen LogP contribution in [0.1, 0.15) is 25.3 Å². The van der Waals surface area contributed by atoms with E-state index in [1.54, 1.807) is 0 Å². The Kier molecular flexibility index (Phi) is 2.24. The first-order chi connectivity index (χ1) is 8.17. The minimum absolute atomic E-state index is 0.137. The molecule has 0 spiro atoms. The molecule has 1 fully saturated rings. The Morgan fingerprint density at radius 1 is 1.18 bits per heavy atom. The molecule has 4 nitrogen and oxygen atoms in total. The van der Waals surface area contributed by atoms with Crippen molar-refractivity contribution in [2.45, 2.75) is 25.4 Å². The van der Waals surface area contributed by atoms with Gasteiger partial charge in [0.2, 0.25) is 0 Å². The summed E-state index contributed by atoms with van der Waals surface area (Å²) in [5.41, 5.74) is 0.444. The minimum atomic E-state index is -0.521. The first-order valence-corrected chi connectivity index (χ1v) is 5.79. The third-order valence-corrected chi connectivity index (χ3v) is 3.30. The summed E-state index contributed by atoms with van der Waals surface area (Å²) in [4.78, 5) is 11.2. The number of esters is 1. The van der Waals surface area contributed by atoms with Crippen LogP contribution in [0.25, 0.3) is 0 Å². The maximum absolute atomic E-state index is 11.2. The average Bonchev–Trinajstić information content (AvgIpc) is 2.70. The summed E-state index contributed by atoms with van der Waals surface area (Å²) in [6, 6.07) is 5.72. The van der Waals surface area contributed by atoms with Gasteiger partial charge in [0, 0.05) is 12.8 Å². The normalized spacial score (nSPS) is 26.8. The monoisotopic (exact) mass is 234 g/mol. The maximum Gasteiger partial charge on any atom is 0.306 e. The molecule has 0 aromatic heterocycles. The molecule has 0 aliphatic carbocycles. The molecule has 1 atom stereocenters. The fraction of sp³-hybridized carbons (Fsp3) is 0.462. The average molecular weight is 234 g/mol. The van der Waals surface area contributed by atoms with Crippen molar-refractivity contribution in [3.63, 3.8) is 0 Å². The van der Waals surface area contributed by atoms with Crippen LogP contribution in [0.5, 0.6) is 11.5 Å². The van der Waals surface area contributed by atoms with Gasteiger partial charge in [-0.1, -0.05) is 6.07 Å². The van der Waals surface area contributed by atoms with E-state index in [-0.39, 0.29) is 5.97 Å². The number of carbonyl (C=O) groups is 1. The van der Waals surface area contributed by atoms with E-state index in [4.69, 9.17) is 14.2 Å². The highest BCUT2D eigenvalue weighted by atomic mass is 16.6. The topological polar surface area (TPSA) is 44.8 Å². The first kappa shape index (κ1) is 10.4. The summed E-state index contributed by atoms with van der Waals surface area (Å²) in [7, 11) is 0. The number of rotatable bonds is 1. The Bertz CT molecular complexity index is 468. The van der Waals surface area contributed by atoms with Gasteiger partial charge in [-0.2, -0.15) is 0 Å². The Morgan fingerprint density at radius 3 is 2.65 bits per heavy atom. The molecular weight excluding hydrogens is 220 g/mol. The summed E-state index contributed by atoms with van der Waals surface area (Å²) in [6.45, 7) is 3.08.